The summed E-state index contributed by atoms with van der Waals surface area (Å²) in [5.74, 6) is -0.345. The summed E-state index contributed by atoms with van der Waals surface area (Å²) in [4.78, 5) is 0. The highest BCUT2D eigenvalue weighted by atomic mass is 79.9. The molecule has 174 valence electrons. The fourth-order valence-electron chi connectivity index (χ4n) is 5.92. The zero-order valence-corrected chi connectivity index (χ0v) is 18.8. The summed E-state index contributed by atoms with van der Waals surface area (Å²) >= 11 is 3.63. The van der Waals surface area contributed by atoms with Crippen molar-refractivity contribution in [1.82, 2.24) is 9.78 Å². The number of nitrogens with zero attached hydrogens (tertiary/aromatic N) is 2. The lowest BCUT2D eigenvalue weighted by Gasteiger charge is -2.59. The molecule has 2 bridgehead atoms. The number of aromatic nitrogens is 2. The van der Waals surface area contributed by atoms with Crippen LogP contribution in [-0.4, -0.2) is 39.6 Å². The molecular formula is C23H19BrF4N2O3. The molecule has 1 saturated carbocycles. The Morgan fingerprint density at radius 1 is 1.18 bits per heavy atom. The Kier molecular flexibility index (Phi) is 4.49. The van der Waals surface area contributed by atoms with Crippen LogP contribution in [0.15, 0.2) is 41.0 Å². The molecule has 1 spiro atoms. The number of halogens is 5. The summed E-state index contributed by atoms with van der Waals surface area (Å²) in [6.07, 6.45) is -4.44. The van der Waals surface area contributed by atoms with Crippen LogP contribution in [0, 0.1) is 11.7 Å². The van der Waals surface area contributed by atoms with Gasteiger partial charge in [-0.25, -0.2) is 9.07 Å². The van der Waals surface area contributed by atoms with Gasteiger partial charge in [0.05, 0.1) is 33.9 Å². The first-order valence-electron chi connectivity index (χ1n) is 10.7. The molecule has 5 nitrogen and oxygen atoms in total. The summed E-state index contributed by atoms with van der Waals surface area (Å²) in [5, 5.41) is 16.2. The van der Waals surface area contributed by atoms with Gasteiger partial charge in [0, 0.05) is 10.9 Å². The second-order valence-electron chi connectivity index (χ2n) is 9.08. The molecule has 2 saturated heterocycles. The number of fused-ring (bicyclic) bond motifs is 4. The summed E-state index contributed by atoms with van der Waals surface area (Å²) in [6, 6.07) is 7.72. The number of aliphatic hydroxyl groups excluding tert-OH is 1. The van der Waals surface area contributed by atoms with E-state index >= 15 is 0 Å². The summed E-state index contributed by atoms with van der Waals surface area (Å²) in [5.41, 5.74) is -1.37. The van der Waals surface area contributed by atoms with Crippen LogP contribution in [0.25, 0.3) is 16.6 Å². The van der Waals surface area contributed by atoms with E-state index in [0.29, 0.717) is 38.8 Å². The topological polar surface area (TPSA) is 56.5 Å². The first-order valence-corrected chi connectivity index (χ1v) is 11.5. The van der Waals surface area contributed by atoms with E-state index in [4.69, 9.17) is 9.47 Å². The minimum absolute atomic E-state index is 0.138. The number of hydrogen-bond acceptors (Lipinski definition) is 4. The SMILES string of the molecule is OC1O[C@@]2(C(F)(F)F)CC[C@@]13c1cc4cnn(-c5ccc(F)cc5)c4c(Br)c1OCC[C@H]3C2. The van der Waals surface area contributed by atoms with E-state index in [0.717, 1.165) is 0 Å². The van der Waals surface area contributed by atoms with Gasteiger partial charge in [-0.05, 0) is 77.9 Å². The van der Waals surface area contributed by atoms with Gasteiger partial charge in [-0.3, -0.25) is 0 Å². The summed E-state index contributed by atoms with van der Waals surface area (Å²) in [7, 11) is 0. The van der Waals surface area contributed by atoms with Crippen LogP contribution in [0.4, 0.5) is 17.6 Å². The van der Waals surface area contributed by atoms with Crippen molar-refractivity contribution < 1.29 is 32.1 Å². The van der Waals surface area contributed by atoms with Gasteiger partial charge in [-0.2, -0.15) is 18.3 Å². The van der Waals surface area contributed by atoms with E-state index in [-0.39, 0.29) is 31.7 Å². The van der Waals surface area contributed by atoms with Gasteiger partial charge in [0.2, 0.25) is 0 Å². The molecule has 10 heteroatoms. The zero-order valence-electron chi connectivity index (χ0n) is 17.2. The molecule has 0 radical (unpaired) electrons. The fourth-order valence-corrected chi connectivity index (χ4v) is 6.64. The number of ether oxygens (including phenoxy) is 2. The molecule has 4 atom stereocenters. The van der Waals surface area contributed by atoms with Crippen molar-refractivity contribution in [2.45, 2.75) is 49.2 Å². The highest BCUT2D eigenvalue weighted by Crippen LogP contribution is 2.64. The molecule has 1 aliphatic carbocycles. The Bertz CT molecular complexity index is 1260. The molecule has 3 aromatic rings. The molecule has 2 aromatic carbocycles. The van der Waals surface area contributed by atoms with Crippen LogP contribution >= 0.6 is 15.9 Å². The van der Waals surface area contributed by atoms with E-state index in [1.807, 2.05) is 6.07 Å². The van der Waals surface area contributed by atoms with Gasteiger partial charge in [0.25, 0.3) is 0 Å². The highest BCUT2D eigenvalue weighted by Gasteiger charge is 2.70. The van der Waals surface area contributed by atoms with Gasteiger partial charge in [-0.15, -0.1) is 0 Å². The number of alkyl halides is 3. The maximum Gasteiger partial charge on any atom is 0.417 e. The second kappa shape index (κ2) is 6.93. The Hall–Kier alpha value is -2.17. The van der Waals surface area contributed by atoms with Crippen molar-refractivity contribution in [3.05, 3.63) is 52.4 Å². The Morgan fingerprint density at radius 3 is 2.64 bits per heavy atom. The van der Waals surface area contributed by atoms with Crippen LogP contribution < -0.4 is 4.74 Å². The van der Waals surface area contributed by atoms with Crippen molar-refractivity contribution in [3.8, 4) is 11.4 Å². The fraction of sp³-hybridized carbons (Fsp3) is 0.435. The molecule has 3 aliphatic heterocycles. The van der Waals surface area contributed by atoms with Gasteiger partial charge in [-0.1, -0.05) is 0 Å². The van der Waals surface area contributed by atoms with Crippen molar-refractivity contribution in [2.24, 2.45) is 5.92 Å². The maximum absolute atomic E-state index is 13.9. The molecule has 3 fully saturated rings. The Morgan fingerprint density at radius 2 is 1.94 bits per heavy atom. The minimum atomic E-state index is -4.56. The maximum atomic E-state index is 13.9. The first-order chi connectivity index (χ1) is 15.7. The predicted octanol–water partition coefficient (Wildman–Crippen LogP) is 5.40. The average Bonchev–Trinajstić information content (AvgIpc) is 3.12. The quantitative estimate of drug-likeness (QED) is 0.431. The first kappa shape index (κ1) is 21.4. The lowest BCUT2D eigenvalue weighted by molar-refractivity contribution is -0.383. The molecule has 7 rings (SSSR count). The predicted molar refractivity (Wildman–Crippen MR) is 114 cm³/mol. The molecule has 33 heavy (non-hydrogen) atoms. The van der Waals surface area contributed by atoms with Gasteiger partial charge < -0.3 is 14.6 Å². The van der Waals surface area contributed by atoms with Crippen LogP contribution in [0.5, 0.6) is 5.75 Å². The lowest BCUT2D eigenvalue weighted by Crippen LogP contribution is -2.67. The van der Waals surface area contributed by atoms with E-state index in [1.54, 1.807) is 23.0 Å². The summed E-state index contributed by atoms with van der Waals surface area (Å²) < 4.78 is 68.8. The highest BCUT2D eigenvalue weighted by molar-refractivity contribution is 9.10. The average molecular weight is 527 g/mol. The van der Waals surface area contributed by atoms with Gasteiger partial charge in [0.15, 0.2) is 11.9 Å². The van der Waals surface area contributed by atoms with E-state index in [9.17, 15) is 22.7 Å². The molecule has 1 N–H and O–H groups in total. The van der Waals surface area contributed by atoms with Crippen LogP contribution in [-0.2, 0) is 10.2 Å². The van der Waals surface area contributed by atoms with E-state index < -0.39 is 29.4 Å². The Labute approximate surface area is 194 Å². The third kappa shape index (κ3) is 2.80. The summed E-state index contributed by atoms with van der Waals surface area (Å²) in [6.45, 7) is 0.217. The molecule has 1 aromatic heterocycles. The number of benzene rings is 2. The van der Waals surface area contributed by atoms with Crippen molar-refractivity contribution in [3.63, 3.8) is 0 Å². The standard InChI is InChI=1S/C23H19BrF4N2O3/c24-17-18-12(11-29-30(18)15-3-1-14(25)2-4-15)9-16-19(17)32-8-5-13-10-21(23(26,27)28)6-7-22(13,16)20(31)33-21/h1-4,9,11,13,20,31H,5-8,10H2/t13-,20?,21-,22+/m0/s1. The smallest absolute Gasteiger partial charge is 0.417 e. The molecule has 4 heterocycles. The van der Waals surface area contributed by atoms with Crippen LogP contribution in [0.2, 0.25) is 0 Å². The molecule has 1 unspecified atom stereocenters. The number of hydrogen-bond donors (Lipinski definition) is 1. The van der Waals surface area contributed by atoms with E-state index in [2.05, 4.69) is 21.0 Å². The van der Waals surface area contributed by atoms with E-state index in [1.165, 1.54) is 12.1 Å². The van der Waals surface area contributed by atoms with Crippen molar-refractivity contribution >= 4 is 26.8 Å². The normalized spacial score (nSPS) is 31.1. The molecular weight excluding hydrogens is 508 g/mol. The Balaban J connectivity index is 1.53. The largest absolute Gasteiger partial charge is 0.492 e. The molecule has 4 aliphatic rings. The number of aliphatic hydroxyl groups is 1. The molecule has 0 amide bonds. The number of rotatable bonds is 1. The third-order valence-corrected chi connectivity index (χ3v) is 8.31. The van der Waals surface area contributed by atoms with Gasteiger partial charge in [0.1, 0.15) is 11.6 Å². The van der Waals surface area contributed by atoms with Gasteiger partial charge >= 0.3 is 6.18 Å². The van der Waals surface area contributed by atoms with Crippen molar-refractivity contribution in [2.75, 3.05) is 6.61 Å². The zero-order chi connectivity index (χ0) is 23.2. The second-order valence-corrected chi connectivity index (χ2v) is 9.87. The van der Waals surface area contributed by atoms with Crippen LogP contribution in [0.3, 0.4) is 0 Å². The minimum Gasteiger partial charge on any atom is -0.492 e. The van der Waals surface area contributed by atoms with Crippen molar-refractivity contribution in [1.29, 1.82) is 0 Å². The monoisotopic (exact) mass is 526 g/mol. The van der Waals surface area contributed by atoms with Crippen LogP contribution in [0.1, 0.15) is 31.2 Å². The third-order valence-electron chi connectivity index (χ3n) is 7.58. The lowest BCUT2D eigenvalue weighted by atomic mass is 9.55.